The molecule has 1 amide bonds. The van der Waals surface area contributed by atoms with Gasteiger partial charge in [0.25, 0.3) is 5.91 Å². The molecule has 39 heavy (non-hydrogen) atoms. The molecule has 1 aliphatic heterocycles. The van der Waals surface area contributed by atoms with E-state index >= 15 is 0 Å². The molecule has 1 fully saturated rings. The number of benzene rings is 3. The molecule has 3 aromatic rings. The zero-order valence-corrected chi connectivity index (χ0v) is 23.5. The van der Waals surface area contributed by atoms with Crippen molar-refractivity contribution in [3.63, 3.8) is 0 Å². The normalized spacial score (nSPS) is 16.4. The van der Waals surface area contributed by atoms with Crippen molar-refractivity contribution in [2.75, 3.05) is 29.9 Å². The Morgan fingerprint density at radius 3 is 2.56 bits per heavy atom. The van der Waals surface area contributed by atoms with Gasteiger partial charge in [-0.25, -0.2) is 13.1 Å². The number of carbonyl (C=O) groups excluding carboxylic acids is 2. The lowest BCUT2D eigenvalue weighted by molar-refractivity contribution is -0.148. The number of hydrogen-bond donors (Lipinski definition) is 2. The molecule has 1 heterocycles. The molecule has 1 saturated heterocycles. The number of piperidine rings is 1. The lowest BCUT2D eigenvalue weighted by atomic mass is 9.97. The number of sulfonamides is 1. The number of rotatable bonds is 9. The zero-order chi connectivity index (χ0) is 28.0. The smallest absolute Gasteiger partial charge is 0.310 e. The Bertz CT molecular complexity index is 1430. The maximum Gasteiger partial charge on any atom is 0.310 e. The van der Waals surface area contributed by atoms with E-state index in [1.807, 2.05) is 35.2 Å². The quantitative estimate of drug-likeness (QED) is 0.334. The van der Waals surface area contributed by atoms with Gasteiger partial charge in [-0.15, -0.1) is 0 Å². The predicted molar refractivity (Wildman–Crippen MR) is 153 cm³/mol. The highest BCUT2D eigenvalue weighted by atomic mass is 35.5. The van der Waals surface area contributed by atoms with Crippen LogP contribution in [0.3, 0.4) is 0 Å². The highest BCUT2D eigenvalue weighted by Gasteiger charge is 2.31. The maximum absolute atomic E-state index is 13.8. The number of nitrogens with one attached hydrogen (secondary N) is 2. The van der Waals surface area contributed by atoms with Gasteiger partial charge in [0.05, 0.1) is 18.2 Å². The molecule has 0 radical (unpaired) electrons. The molecule has 0 bridgehead atoms. The first kappa shape index (κ1) is 28.6. The summed E-state index contributed by atoms with van der Waals surface area (Å²) in [6.07, 6.45) is 1.39. The molecule has 206 valence electrons. The standard InChI is InChI=1S/C29H32ClN3O5S/c1-3-38-29(35)23-12-8-16-33(19-23)26-15-14-25(31-28(34)22-11-7-13-24(30)17-22)18-27(26)39(36,37)32-20(2)21-9-5-4-6-10-21/h4-7,9-11,13-15,17-18,20,23,32H,3,8,12,16,19H2,1-2H3,(H,31,34)/t20-,23-/m1/s1. The van der Waals surface area contributed by atoms with Crippen LogP contribution in [0.15, 0.2) is 77.7 Å². The third-order valence-electron chi connectivity index (χ3n) is 6.61. The second-order valence-electron chi connectivity index (χ2n) is 9.44. The average molecular weight is 570 g/mol. The summed E-state index contributed by atoms with van der Waals surface area (Å²) in [6, 6.07) is 20.0. The lowest BCUT2D eigenvalue weighted by Crippen LogP contribution is -2.40. The number of carbonyl (C=O) groups is 2. The van der Waals surface area contributed by atoms with E-state index in [1.165, 1.54) is 12.1 Å². The fourth-order valence-corrected chi connectivity index (χ4v) is 6.33. The molecule has 0 spiro atoms. The van der Waals surface area contributed by atoms with E-state index in [2.05, 4.69) is 10.0 Å². The van der Waals surface area contributed by atoms with Crippen molar-refractivity contribution in [1.29, 1.82) is 0 Å². The summed E-state index contributed by atoms with van der Waals surface area (Å²) >= 11 is 6.03. The van der Waals surface area contributed by atoms with Crippen LogP contribution in [-0.2, 0) is 19.6 Å². The van der Waals surface area contributed by atoms with Gasteiger partial charge in [-0.05, 0) is 68.7 Å². The maximum atomic E-state index is 13.8. The molecule has 3 aromatic carbocycles. The summed E-state index contributed by atoms with van der Waals surface area (Å²) in [5.74, 6) is -1.06. The predicted octanol–water partition coefficient (Wildman–Crippen LogP) is 5.41. The molecule has 8 nitrogen and oxygen atoms in total. The van der Waals surface area contributed by atoms with Crippen LogP contribution < -0.4 is 14.9 Å². The van der Waals surface area contributed by atoms with Crippen molar-refractivity contribution in [3.05, 3.63) is 88.9 Å². The molecular weight excluding hydrogens is 538 g/mol. The summed E-state index contributed by atoms with van der Waals surface area (Å²) in [6.45, 7) is 4.75. The average Bonchev–Trinajstić information content (AvgIpc) is 2.93. The van der Waals surface area contributed by atoms with Gasteiger partial charge in [-0.1, -0.05) is 48.0 Å². The van der Waals surface area contributed by atoms with E-state index in [0.29, 0.717) is 47.9 Å². The third kappa shape index (κ3) is 7.17. The van der Waals surface area contributed by atoms with Crippen LogP contribution >= 0.6 is 11.6 Å². The topological polar surface area (TPSA) is 105 Å². The van der Waals surface area contributed by atoms with Gasteiger partial charge in [0, 0.05) is 35.4 Å². The summed E-state index contributed by atoms with van der Waals surface area (Å²) in [5.41, 5.74) is 1.93. The zero-order valence-electron chi connectivity index (χ0n) is 21.9. The number of anilines is 2. The second-order valence-corrected chi connectivity index (χ2v) is 11.6. The number of amides is 1. The highest BCUT2D eigenvalue weighted by molar-refractivity contribution is 7.89. The summed E-state index contributed by atoms with van der Waals surface area (Å²) < 4.78 is 35.6. The Morgan fingerprint density at radius 2 is 1.85 bits per heavy atom. The number of halogens is 1. The van der Waals surface area contributed by atoms with Crippen molar-refractivity contribution in [2.45, 2.75) is 37.6 Å². The van der Waals surface area contributed by atoms with Crippen molar-refractivity contribution >= 4 is 44.9 Å². The van der Waals surface area contributed by atoms with Crippen LogP contribution in [0.5, 0.6) is 0 Å². The molecule has 4 rings (SSSR count). The van der Waals surface area contributed by atoms with Gasteiger partial charge in [-0.2, -0.15) is 0 Å². The Kier molecular flexibility index (Phi) is 9.27. The Morgan fingerprint density at radius 1 is 1.08 bits per heavy atom. The van der Waals surface area contributed by atoms with E-state index in [-0.39, 0.29) is 23.4 Å². The molecule has 0 aliphatic carbocycles. The molecule has 0 aromatic heterocycles. The highest BCUT2D eigenvalue weighted by Crippen LogP contribution is 2.33. The fraction of sp³-hybridized carbons (Fsp3) is 0.310. The number of ether oxygens (including phenoxy) is 1. The largest absolute Gasteiger partial charge is 0.466 e. The number of nitrogens with zero attached hydrogens (tertiary/aromatic N) is 1. The molecular formula is C29H32ClN3O5S. The van der Waals surface area contributed by atoms with Gasteiger partial charge in [0.2, 0.25) is 10.0 Å². The van der Waals surface area contributed by atoms with Crippen LogP contribution in [0.1, 0.15) is 48.7 Å². The van der Waals surface area contributed by atoms with Crippen molar-refractivity contribution in [3.8, 4) is 0 Å². The summed E-state index contributed by atoms with van der Waals surface area (Å²) in [7, 11) is -4.05. The van der Waals surface area contributed by atoms with Crippen LogP contribution in [0.4, 0.5) is 11.4 Å². The van der Waals surface area contributed by atoms with Crippen molar-refractivity contribution in [2.24, 2.45) is 5.92 Å². The van der Waals surface area contributed by atoms with Gasteiger partial charge in [0.15, 0.2) is 0 Å². The Hall–Kier alpha value is -3.40. The van der Waals surface area contributed by atoms with Crippen LogP contribution in [-0.4, -0.2) is 40.0 Å². The first-order valence-electron chi connectivity index (χ1n) is 12.9. The third-order valence-corrected chi connectivity index (χ3v) is 8.41. The van der Waals surface area contributed by atoms with Crippen molar-refractivity contribution in [1.82, 2.24) is 4.72 Å². The molecule has 0 unspecified atom stereocenters. The van der Waals surface area contributed by atoms with Crippen molar-refractivity contribution < 1.29 is 22.7 Å². The molecule has 2 atom stereocenters. The lowest BCUT2D eigenvalue weighted by Gasteiger charge is -2.34. The van der Waals surface area contributed by atoms with E-state index in [9.17, 15) is 18.0 Å². The van der Waals surface area contributed by atoms with Crippen LogP contribution in [0, 0.1) is 5.92 Å². The molecule has 10 heteroatoms. The minimum Gasteiger partial charge on any atom is -0.466 e. The first-order valence-corrected chi connectivity index (χ1v) is 14.7. The fourth-order valence-electron chi connectivity index (χ4n) is 4.66. The van der Waals surface area contributed by atoms with Gasteiger partial charge >= 0.3 is 5.97 Å². The molecule has 2 N–H and O–H groups in total. The van der Waals surface area contributed by atoms with Gasteiger partial charge in [0.1, 0.15) is 4.90 Å². The molecule has 0 saturated carbocycles. The van der Waals surface area contributed by atoms with Gasteiger partial charge < -0.3 is 15.0 Å². The number of hydrogen-bond acceptors (Lipinski definition) is 6. The van der Waals surface area contributed by atoms with Crippen LogP contribution in [0.25, 0.3) is 0 Å². The van der Waals surface area contributed by atoms with E-state index in [0.717, 1.165) is 5.56 Å². The monoisotopic (exact) mass is 569 g/mol. The Labute approximate surface area is 234 Å². The van der Waals surface area contributed by atoms with Gasteiger partial charge in [-0.3, -0.25) is 9.59 Å². The summed E-state index contributed by atoms with van der Waals surface area (Å²) in [4.78, 5) is 27.2. The van der Waals surface area contributed by atoms with E-state index in [4.69, 9.17) is 16.3 Å². The van der Waals surface area contributed by atoms with E-state index < -0.39 is 22.0 Å². The van der Waals surface area contributed by atoms with E-state index in [1.54, 1.807) is 44.2 Å². The van der Waals surface area contributed by atoms with Crippen LogP contribution in [0.2, 0.25) is 5.02 Å². The SMILES string of the molecule is CCOC(=O)[C@@H]1CCCN(c2ccc(NC(=O)c3cccc(Cl)c3)cc2S(=O)(=O)N[C@H](C)c2ccccc2)C1. The minimum absolute atomic E-state index is 0.0127. The Balaban J connectivity index is 1.68. The second kappa shape index (κ2) is 12.6. The first-order chi connectivity index (χ1) is 18.7. The summed E-state index contributed by atoms with van der Waals surface area (Å²) in [5, 5.41) is 3.19. The molecule has 1 aliphatic rings. The minimum atomic E-state index is -4.05. The number of esters is 1.